The van der Waals surface area contributed by atoms with Gasteiger partial charge in [0, 0.05) is 28.9 Å². The van der Waals surface area contributed by atoms with Gasteiger partial charge in [-0.15, -0.1) is 0 Å². The molecule has 0 radical (unpaired) electrons. The Morgan fingerprint density at radius 1 is 0.935 bits per heavy atom. The molecule has 2 heterocycles. The van der Waals surface area contributed by atoms with Gasteiger partial charge < -0.3 is 23.9 Å². The van der Waals surface area contributed by atoms with Crippen molar-refractivity contribution in [3.05, 3.63) is 82.5 Å². The summed E-state index contributed by atoms with van der Waals surface area (Å²) in [6, 6.07) is 18.6. The van der Waals surface area contributed by atoms with E-state index in [1.807, 2.05) is 12.1 Å². The van der Waals surface area contributed by atoms with Gasteiger partial charge in [-0.1, -0.05) is 0 Å². The number of benzene rings is 3. The van der Waals surface area contributed by atoms with Crippen LogP contribution in [0.15, 0.2) is 75.9 Å². The van der Waals surface area contributed by atoms with E-state index in [2.05, 4.69) is 5.32 Å². The lowest BCUT2D eigenvalue weighted by Gasteiger charge is -2.08. The molecule has 0 saturated carbocycles. The maximum absolute atomic E-state index is 12.7. The number of anilines is 1. The Balaban J connectivity index is 1.45. The minimum absolute atomic E-state index is 0.140. The topological polar surface area (TPSA) is 87.0 Å². The lowest BCUT2D eigenvalue weighted by Crippen LogP contribution is -2.12. The SMILES string of the molecule is COc1ccc(-c2cc(=O)c3ccc(NC(=O)c4ccc5c(c4)OCO5)cc3o2)cc1. The van der Waals surface area contributed by atoms with Crippen molar-refractivity contribution in [1.82, 2.24) is 0 Å². The van der Waals surface area contributed by atoms with Crippen molar-refractivity contribution >= 4 is 22.6 Å². The summed E-state index contributed by atoms with van der Waals surface area (Å²) in [4.78, 5) is 25.2. The number of carbonyl (C=O) groups is 1. The smallest absolute Gasteiger partial charge is 0.255 e. The molecule has 0 saturated heterocycles. The Labute approximate surface area is 176 Å². The van der Waals surface area contributed by atoms with Crippen LogP contribution in [0.25, 0.3) is 22.3 Å². The third-order valence-corrected chi connectivity index (χ3v) is 5.00. The van der Waals surface area contributed by atoms with Crippen LogP contribution in [0.1, 0.15) is 10.4 Å². The van der Waals surface area contributed by atoms with Crippen molar-refractivity contribution in [2.75, 3.05) is 19.2 Å². The number of rotatable bonds is 4. The van der Waals surface area contributed by atoms with E-state index in [0.717, 1.165) is 5.56 Å². The largest absolute Gasteiger partial charge is 0.497 e. The highest BCUT2D eigenvalue weighted by Crippen LogP contribution is 2.33. The summed E-state index contributed by atoms with van der Waals surface area (Å²) in [5, 5.41) is 3.25. The first-order valence-corrected chi connectivity index (χ1v) is 9.54. The van der Waals surface area contributed by atoms with E-state index in [1.165, 1.54) is 6.07 Å². The van der Waals surface area contributed by atoms with Gasteiger partial charge in [-0.05, 0) is 54.6 Å². The highest BCUT2D eigenvalue weighted by atomic mass is 16.7. The van der Waals surface area contributed by atoms with Crippen molar-refractivity contribution in [1.29, 1.82) is 0 Å². The summed E-state index contributed by atoms with van der Waals surface area (Å²) in [7, 11) is 1.59. The van der Waals surface area contributed by atoms with Gasteiger partial charge in [-0.2, -0.15) is 0 Å². The Bertz CT molecular complexity index is 1360. The van der Waals surface area contributed by atoms with Gasteiger partial charge in [-0.3, -0.25) is 9.59 Å². The summed E-state index contributed by atoms with van der Waals surface area (Å²) >= 11 is 0. The molecule has 7 nitrogen and oxygen atoms in total. The van der Waals surface area contributed by atoms with E-state index >= 15 is 0 Å². The van der Waals surface area contributed by atoms with Gasteiger partial charge in [0.05, 0.1) is 12.5 Å². The van der Waals surface area contributed by atoms with Gasteiger partial charge >= 0.3 is 0 Å². The van der Waals surface area contributed by atoms with Crippen molar-refractivity contribution in [2.24, 2.45) is 0 Å². The third kappa shape index (κ3) is 3.57. The molecule has 0 fully saturated rings. The zero-order valence-electron chi connectivity index (χ0n) is 16.5. The molecule has 3 aromatic carbocycles. The molecule has 1 aliphatic rings. The molecule has 0 atom stereocenters. The van der Waals surface area contributed by atoms with Gasteiger partial charge in [0.1, 0.15) is 17.1 Å². The second-order valence-corrected chi connectivity index (χ2v) is 6.94. The Kier molecular flexibility index (Phi) is 4.55. The molecule has 1 aliphatic heterocycles. The van der Waals surface area contributed by atoms with Crippen LogP contribution in [0.4, 0.5) is 5.69 Å². The molecule has 5 rings (SSSR count). The molecule has 1 amide bonds. The second-order valence-electron chi connectivity index (χ2n) is 6.94. The Morgan fingerprint density at radius 3 is 2.55 bits per heavy atom. The summed E-state index contributed by atoms with van der Waals surface area (Å²) in [5.41, 5.74) is 1.89. The van der Waals surface area contributed by atoms with Gasteiger partial charge in [-0.25, -0.2) is 0 Å². The van der Waals surface area contributed by atoms with Crippen molar-refractivity contribution in [3.8, 4) is 28.6 Å². The molecule has 154 valence electrons. The van der Waals surface area contributed by atoms with Gasteiger partial charge in [0.25, 0.3) is 5.91 Å². The molecule has 0 aliphatic carbocycles. The maximum atomic E-state index is 12.7. The second kappa shape index (κ2) is 7.53. The normalized spacial score (nSPS) is 12.0. The minimum atomic E-state index is -0.314. The predicted octanol–water partition coefficient (Wildman–Crippen LogP) is 4.45. The number of amides is 1. The van der Waals surface area contributed by atoms with Crippen molar-refractivity contribution < 1.29 is 23.4 Å². The highest BCUT2D eigenvalue weighted by molar-refractivity contribution is 6.05. The third-order valence-electron chi connectivity index (χ3n) is 5.00. The quantitative estimate of drug-likeness (QED) is 0.530. The zero-order chi connectivity index (χ0) is 21.4. The first-order chi connectivity index (χ1) is 15.1. The molecular weight excluding hydrogens is 398 g/mol. The van der Waals surface area contributed by atoms with Crippen LogP contribution < -0.4 is 25.0 Å². The number of methoxy groups -OCH3 is 1. The number of carbonyl (C=O) groups excluding carboxylic acids is 1. The predicted molar refractivity (Wildman–Crippen MR) is 115 cm³/mol. The standard InChI is InChI=1S/C24H17NO6/c1-28-17-6-2-14(3-7-17)21-12-19(26)18-8-5-16(11-22(18)31-21)25-24(27)15-4-9-20-23(10-15)30-13-29-20/h2-12H,13H2,1H3,(H,25,27). The van der Waals surface area contributed by atoms with Crippen LogP contribution in [-0.4, -0.2) is 19.8 Å². The molecule has 0 spiro atoms. The van der Waals surface area contributed by atoms with Crippen LogP contribution in [-0.2, 0) is 0 Å². The Morgan fingerprint density at radius 2 is 1.74 bits per heavy atom. The van der Waals surface area contributed by atoms with E-state index in [0.29, 0.717) is 45.2 Å². The molecule has 0 bridgehead atoms. The summed E-state index contributed by atoms with van der Waals surface area (Å²) in [6.45, 7) is 0.140. The average molecular weight is 415 g/mol. The fourth-order valence-corrected chi connectivity index (χ4v) is 3.37. The molecule has 1 N–H and O–H groups in total. The molecule has 7 heteroatoms. The highest BCUT2D eigenvalue weighted by Gasteiger charge is 2.17. The van der Waals surface area contributed by atoms with Crippen LogP contribution in [0.5, 0.6) is 17.2 Å². The van der Waals surface area contributed by atoms with Gasteiger partial charge in [0.2, 0.25) is 6.79 Å². The maximum Gasteiger partial charge on any atom is 0.255 e. The number of hydrogen-bond acceptors (Lipinski definition) is 6. The number of hydrogen-bond donors (Lipinski definition) is 1. The number of nitrogens with one attached hydrogen (secondary N) is 1. The first kappa shape index (κ1) is 18.7. The van der Waals surface area contributed by atoms with E-state index in [9.17, 15) is 9.59 Å². The minimum Gasteiger partial charge on any atom is -0.497 e. The molecular formula is C24H17NO6. The van der Waals surface area contributed by atoms with E-state index in [-0.39, 0.29) is 18.1 Å². The zero-order valence-corrected chi connectivity index (χ0v) is 16.5. The monoisotopic (exact) mass is 415 g/mol. The molecule has 1 aromatic heterocycles. The van der Waals surface area contributed by atoms with Gasteiger partial charge in [0.15, 0.2) is 16.9 Å². The van der Waals surface area contributed by atoms with Crippen LogP contribution >= 0.6 is 0 Å². The number of fused-ring (bicyclic) bond motifs is 2. The van der Waals surface area contributed by atoms with Crippen molar-refractivity contribution in [2.45, 2.75) is 0 Å². The lowest BCUT2D eigenvalue weighted by atomic mass is 10.1. The van der Waals surface area contributed by atoms with Crippen LogP contribution in [0.2, 0.25) is 0 Å². The van der Waals surface area contributed by atoms with Crippen molar-refractivity contribution in [3.63, 3.8) is 0 Å². The van der Waals surface area contributed by atoms with Crippen LogP contribution in [0, 0.1) is 0 Å². The molecule has 31 heavy (non-hydrogen) atoms. The van der Waals surface area contributed by atoms with E-state index in [4.69, 9.17) is 18.6 Å². The molecule has 0 unspecified atom stereocenters. The van der Waals surface area contributed by atoms with E-state index < -0.39 is 0 Å². The summed E-state index contributed by atoms with van der Waals surface area (Å²) in [6.07, 6.45) is 0. The summed E-state index contributed by atoms with van der Waals surface area (Å²) in [5.74, 6) is 1.96. The van der Waals surface area contributed by atoms with Crippen LogP contribution in [0.3, 0.4) is 0 Å². The fourth-order valence-electron chi connectivity index (χ4n) is 3.37. The van der Waals surface area contributed by atoms with E-state index in [1.54, 1.807) is 55.6 Å². The lowest BCUT2D eigenvalue weighted by molar-refractivity contribution is 0.102. The summed E-state index contributed by atoms with van der Waals surface area (Å²) < 4.78 is 21.7. The first-order valence-electron chi connectivity index (χ1n) is 9.54. The Hall–Kier alpha value is -4.26. The fraction of sp³-hybridized carbons (Fsp3) is 0.0833. The molecule has 4 aromatic rings. The number of ether oxygens (including phenoxy) is 3. The average Bonchev–Trinajstić information content (AvgIpc) is 3.27.